The lowest BCUT2D eigenvalue weighted by atomic mass is 10.1. The average molecular weight is 264 g/mol. The summed E-state index contributed by atoms with van der Waals surface area (Å²) in [5, 5.41) is 16.9. The SMILES string of the molecule is CC(CC1COCCN1)NCC(O)c1ccccc1. The predicted octanol–water partition coefficient (Wildman–Crippen LogP) is 1.08. The van der Waals surface area contributed by atoms with Crippen LogP contribution in [0.25, 0.3) is 0 Å². The summed E-state index contributed by atoms with van der Waals surface area (Å²) < 4.78 is 5.44. The van der Waals surface area contributed by atoms with Crippen LogP contribution in [0.3, 0.4) is 0 Å². The molecule has 1 aliphatic heterocycles. The van der Waals surface area contributed by atoms with Gasteiger partial charge in [0, 0.05) is 25.2 Å². The van der Waals surface area contributed by atoms with Gasteiger partial charge in [-0.25, -0.2) is 0 Å². The third kappa shape index (κ3) is 4.91. The number of hydrogen-bond donors (Lipinski definition) is 3. The molecule has 2 rings (SSSR count). The zero-order valence-corrected chi connectivity index (χ0v) is 11.5. The van der Waals surface area contributed by atoms with E-state index in [2.05, 4.69) is 17.6 Å². The number of aliphatic hydroxyl groups excluding tert-OH is 1. The Kier molecular flexibility index (Phi) is 5.79. The van der Waals surface area contributed by atoms with Crippen LogP contribution in [-0.2, 0) is 4.74 Å². The molecule has 3 unspecified atom stereocenters. The smallest absolute Gasteiger partial charge is 0.0914 e. The zero-order valence-electron chi connectivity index (χ0n) is 11.5. The van der Waals surface area contributed by atoms with E-state index in [0.29, 0.717) is 18.6 Å². The van der Waals surface area contributed by atoms with Gasteiger partial charge in [-0.2, -0.15) is 0 Å². The maximum atomic E-state index is 10.1. The predicted molar refractivity (Wildman–Crippen MR) is 76.1 cm³/mol. The highest BCUT2D eigenvalue weighted by molar-refractivity contribution is 5.17. The number of ether oxygens (including phenoxy) is 1. The number of hydrogen-bond acceptors (Lipinski definition) is 4. The summed E-state index contributed by atoms with van der Waals surface area (Å²) in [4.78, 5) is 0. The fourth-order valence-corrected chi connectivity index (χ4v) is 2.39. The molecule has 19 heavy (non-hydrogen) atoms. The van der Waals surface area contributed by atoms with Crippen molar-refractivity contribution in [3.8, 4) is 0 Å². The molecule has 0 radical (unpaired) electrons. The molecule has 0 bridgehead atoms. The van der Waals surface area contributed by atoms with Crippen LogP contribution in [0.2, 0.25) is 0 Å². The van der Waals surface area contributed by atoms with Gasteiger partial charge in [0.05, 0.1) is 19.3 Å². The molecule has 1 aliphatic rings. The van der Waals surface area contributed by atoms with Crippen molar-refractivity contribution in [3.05, 3.63) is 35.9 Å². The molecule has 4 heteroatoms. The Morgan fingerprint density at radius 3 is 2.89 bits per heavy atom. The molecule has 0 saturated carbocycles. The highest BCUT2D eigenvalue weighted by Crippen LogP contribution is 2.11. The van der Waals surface area contributed by atoms with Gasteiger partial charge in [-0.3, -0.25) is 0 Å². The molecule has 1 aromatic rings. The van der Waals surface area contributed by atoms with Gasteiger partial charge in [-0.15, -0.1) is 0 Å². The van der Waals surface area contributed by atoms with Gasteiger partial charge in [-0.1, -0.05) is 30.3 Å². The van der Waals surface area contributed by atoms with Crippen LogP contribution >= 0.6 is 0 Å². The molecule has 1 aromatic carbocycles. The standard InChI is InChI=1S/C15H24N2O2/c1-12(9-14-11-19-8-7-16-14)17-10-15(18)13-5-3-2-4-6-13/h2-6,12,14-18H,7-11H2,1H3. The van der Waals surface area contributed by atoms with E-state index in [1.165, 1.54) is 0 Å². The van der Waals surface area contributed by atoms with E-state index in [1.54, 1.807) is 0 Å². The third-order valence-electron chi connectivity index (χ3n) is 3.48. The third-order valence-corrected chi connectivity index (χ3v) is 3.48. The Morgan fingerprint density at radius 2 is 2.21 bits per heavy atom. The molecule has 106 valence electrons. The van der Waals surface area contributed by atoms with Crippen molar-refractivity contribution in [1.29, 1.82) is 0 Å². The lowest BCUT2D eigenvalue weighted by Gasteiger charge is -2.27. The van der Waals surface area contributed by atoms with Crippen molar-refractivity contribution >= 4 is 0 Å². The van der Waals surface area contributed by atoms with Crippen LogP contribution < -0.4 is 10.6 Å². The summed E-state index contributed by atoms with van der Waals surface area (Å²) in [5.41, 5.74) is 0.960. The minimum absolute atomic E-state index is 0.359. The summed E-state index contributed by atoms with van der Waals surface area (Å²) in [6, 6.07) is 10.5. The Labute approximate surface area is 115 Å². The molecular formula is C15H24N2O2. The van der Waals surface area contributed by atoms with Crippen LogP contribution in [0.1, 0.15) is 25.0 Å². The molecule has 0 aromatic heterocycles. The first kappa shape index (κ1) is 14.5. The van der Waals surface area contributed by atoms with Crippen molar-refractivity contribution in [1.82, 2.24) is 10.6 Å². The van der Waals surface area contributed by atoms with Crippen LogP contribution in [-0.4, -0.2) is 43.5 Å². The second-order valence-electron chi connectivity index (χ2n) is 5.20. The molecule has 1 fully saturated rings. The number of nitrogens with one attached hydrogen (secondary N) is 2. The largest absolute Gasteiger partial charge is 0.387 e. The van der Waals surface area contributed by atoms with Gasteiger partial charge in [-0.05, 0) is 18.9 Å². The number of benzene rings is 1. The Morgan fingerprint density at radius 1 is 1.42 bits per heavy atom. The van der Waals surface area contributed by atoms with E-state index >= 15 is 0 Å². The second kappa shape index (κ2) is 7.60. The Hall–Kier alpha value is -0.940. The molecule has 1 heterocycles. The molecular weight excluding hydrogens is 240 g/mol. The zero-order chi connectivity index (χ0) is 13.5. The van der Waals surface area contributed by atoms with Crippen LogP contribution in [0.5, 0.6) is 0 Å². The molecule has 0 aliphatic carbocycles. The summed E-state index contributed by atoms with van der Waals surface area (Å²) in [6.07, 6.45) is 0.570. The van der Waals surface area contributed by atoms with Gasteiger partial charge in [0.25, 0.3) is 0 Å². The van der Waals surface area contributed by atoms with Gasteiger partial charge in [0.2, 0.25) is 0 Å². The quantitative estimate of drug-likeness (QED) is 0.719. The summed E-state index contributed by atoms with van der Waals surface area (Å²) >= 11 is 0. The van der Waals surface area contributed by atoms with Gasteiger partial charge < -0.3 is 20.5 Å². The van der Waals surface area contributed by atoms with Crippen molar-refractivity contribution < 1.29 is 9.84 Å². The second-order valence-corrected chi connectivity index (χ2v) is 5.20. The topological polar surface area (TPSA) is 53.5 Å². The highest BCUT2D eigenvalue weighted by Gasteiger charge is 2.16. The fraction of sp³-hybridized carbons (Fsp3) is 0.600. The molecule has 3 atom stereocenters. The minimum Gasteiger partial charge on any atom is -0.387 e. The molecule has 0 spiro atoms. The highest BCUT2D eigenvalue weighted by atomic mass is 16.5. The summed E-state index contributed by atoms with van der Waals surface area (Å²) in [7, 11) is 0. The van der Waals surface area contributed by atoms with E-state index in [0.717, 1.165) is 31.7 Å². The lowest BCUT2D eigenvalue weighted by Crippen LogP contribution is -2.45. The van der Waals surface area contributed by atoms with Crippen molar-refractivity contribution in [2.45, 2.75) is 31.5 Å². The Balaban J connectivity index is 1.69. The number of morpholine rings is 1. The first-order valence-electron chi connectivity index (χ1n) is 7.03. The van der Waals surface area contributed by atoms with Crippen molar-refractivity contribution in [3.63, 3.8) is 0 Å². The van der Waals surface area contributed by atoms with E-state index in [4.69, 9.17) is 4.74 Å². The van der Waals surface area contributed by atoms with Crippen LogP contribution in [0.15, 0.2) is 30.3 Å². The number of rotatable bonds is 6. The average Bonchev–Trinajstić information content (AvgIpc) is 2.47. The van der Waals surface area contributed by atoms with E-state index < -0.39 is 6.10 Å². The Bertz CT molecular complexity index is 352. The van der Waals surface area contributed by atoms with E-state index in [9.17, 15) is 5.11 Å². The van der Waals surface area contributed by atoms with Crippen LogP contribution in [0, 0.1) is 0 Å². The molecule has 4 nitrogen and oxygen atoms in total. The molecule has 1 saturated heterocycles. The minimum atomic E-state index is -0.445. The maximum absolute atomic E-state index is 10.1. The normalized spacial score (nSPS) is 22.9. The molecule has 3 N–H and O–H groups in total. The first-order valence-corrected chi connectivity index (χ1v) is 7.03. The van der Waals surface area contributed by atoms with Gasteiger partial charge in [0.1, 0.15) is 0 Å². The van der Waals surface area contributed by atoms with Crippen molar-refractivity contribution in [2.75, 3.05) is 26.3 Å². The number of aliphatic hydroxyl groups is 1. The van der Waals surface area contributed by atoms with E-state index in [1.807, 2.05) is 30.3 Å². The molecule has 0 amide bonds. The fourth-order valence-electron chi connectivity index (χ4n) is 2.39. The van der Waals surface area contributed by atoms with Crippen LogP contribution in [0.4, 0.5) is 0 Å². The lowest BCUT2D eigenvalue weighted by molar-refractivity contribution is 0.0704. The summed E-state index contributed by atoms with van der Waals surface area (Å²) in [6.45, 7) is 5.26. The van der Waals surface area contributed by atoms with Crippen molar-refractivity contribution in [2.24, 2.45) is 0 Å². The van der Waals surface area contributed by atoms with Gasteiger partial charge in [0.15, 0.2) is 0 Å². The monoisotopic (exact) mass is 264 g/mol. The van der Waals surface area contributed by atoms with E-state index in [-0.39, 0.29) is 0 Å². The summed E-state index contributed by atoms with van der Waals surface area (Å²) in [5.74, 6) is 0. The first-order chi connectivity index (χ1) is 9.25. The maximum Gasteiger partial charge on any atom is 0.0914 e. The van der Waals surface area contributed by atoms with Gasteiger partial charge >= 0.3 is 0 Å².